The first-order valence-electron chi connectivity index (χ1n) is 8.93. The summed E-state index contributed by atoms with van der Waals surface area (Å²) in [7, 11) is 1.98. The zero-order chi connectivity index (χ0) is 15.9. The second-order valence-electron chi connectivity index (χ2n) is 6.22. The van der Waals surface area contributed by atoms with Gasteiger partial charge in [0.05, 0.1) is 0 Å². The fourth-order valence-electron chi connectivity index (χ4n) is 2.42. The van der Waals surface area contributed by atoms with Gasteiger partial charge in [0, 0.05) is 14.1 Å². The van der Waals surface area contributed by atoms with E-state index >= 15 is 0 Å². The van der Waals surface area contributed by atoms with E-state index in [1.807, 2.05) is 14.1 Å². The van der Waals surface area contributed by atoms with E-state index in [0.29, 0.717) is 0 Å². The summed E-state index contributed by atoms with van der Waals surface area (Å²) in [4.78, 5) is 0. The van der Waals surface area contributed by atoms with Crippen LogP contribution in [0.5, 0.6) is 0 Å². The summed E-state index contributed by atoms with van der Waals surface area (Å²) in [6, 6.07) is 0. The van der Waals surface area contributed by atoms with E-state index in [1.54, 1.807) is 4.67 Å². The Balaban J connectivity index is 3.94. The molecule has 0 saturated heterocycles. The van der Waals surface area contributed by atoms with E-state index in [9.17, 15) is 4.57 Å². The lowest BCUT2D eigenvalue weighted by atomic mass is 10.0. The lowest BCUT2D eigenvalue weighted by Crippen LogP contribution is -2.13. The summed E-state index contributed by atoms with van der Waals surface area (Å²) in [5.74, 6) is 0. The predicted molar refractivity (Wildman–Crippen MR) is 92.9 cm³/mol. The van der Waals surface area contributed by atoms with Gasteiger partial charge in [0.15, 0.2) is 0 Å². The van der Waals surface area contributed by atoms with Gasteiger partial charge in [-0.2, -0.15) is 0 Å². The Labute approximate surface area is 133 Å². The van der Waals surface area contributed by atoms with Gasteiger partial charge in [0.25, 0.3) is 0 Å². The summed E-state index contributed by atoms with van der Waals surface area (Å²) in [5.41, 5.74) is 0. The Kier molecular flexibility index (Phi) is 15.0. The van der Waals surface area contributed by atoms with Crippen LogP contribution in [-0.2, 0) is 9.09 Å². The second kappa shape index (κ2) is 14.9. The largest absolute Gasteiger partial charge is 0.615 e. The summed E-state index contributed by atoms with van der Waals surface area (Å²) < 4.78 is 19.3. The minimum Gasteiger partial charge on any atom is -0.126 e. The third-order valence-electron chi connectivity index (χ3n) is 3.83. The van der Waals surface area contributed by atoms with Gasteiger partial charge < -0.3 is 0 Å². The van der Waals surface area contributed by atoms with Crippen molar-refractivity contribution in [2.75, 3.05) is 14.1 Å². The average molecular weight is 318 g/mol. The maximum Gasteiger partial charge on any atom is 0.615 e. The maximum atomic E-state index is 11.9. The zero-order valence-corrected chi connectivity index (χ0v) is 15.7. The molecule has 126 valence electrons. The minimum atomic E-state index is -1.65. The van der Waals surface area contributed by atoms with E-state index < -0.39 is 8.18 Å². The molecule has 0 saturated carbocycles. The van der Waals surface area contributed by atoms with Crippen molar-refractivity contribution in [3.05, 3.63) is 0 Å². The van der Waals surface area contributed by atoms with Crippen LogP contribution in [0, 0.1) is 0 Å². The van der Waals surface area contributed by atoms with E-state index in [2.05, 4.69) is 13.8 Å². The molecule has 0 rings (SSSR count). The fraction of sp³-hybridized carbons (Fsp3) is 1.00. The zero-order valence-electron chi connectivity index (χ0n) is 14.8. The predicted octanol–water partition coefficient (Wildman–Crippen LogP) is 6.31. The van der Waals surface area contributed by atoms with E-state index in [1.165, 1.54) is 64.2 Å². The Hall–Kier alpha value is 0.0200. The average Bonchev–Trinajstić information content (AvgIpc) is 2.46. The molecule has 0 radical (unpaired) electrons. The van der Waals surface area contributed by atoms with Crippen LogP contribution in [0.3, 0.4) is 0 Å². The first-order valence-corrected chi connectivity index (χ1v) is 10.1. The third kappa shape index (κ3) is 13.4. The normalized spacial score (nSPS) is 12.4. The number of nitrogens with zero attached hydrogens (tertiary/aromatic N) is 1. The molecule has 0 aliphatic carbocycles. The summed E-state index contributed by atoms with van der Waals surface area (Å²) in [6.45, 7) is 4.48. The lowest BCUT2D eigenvalue weighted by molar-refractivity contribution is 0.172. The van der Waals surface area contributed by atoms with E-state index in [0.717, 1.165) is 12.8 Å². The molecule has 0 aromatic rings. The molecule has 4 heteroatoms. The van der Waals surface area contributed by atoms with Crippen LogP contribution in [0.2, 0.25) is 0 Å². The van der Waals surface area contributed by atoms with Gasteiger partial charge in [0.1, 0.15) is 6.10 Å². The molecule has 0 heterocycles. The number of hydrogen-bond donors (Lipinski definition) is 0. The molecular formula is C17H37NO2P+. The van der Waals surface area contributed by atoms with Crippen LogP contribution in [0.4, 0.5) is 0 Å². The van der Waals surface area contributed by atoms with E-state index in [-0.39, 0.29) is 6.10 Å². The van der Waals surface area contributed by atoms with Crippen LogP contribution < -0.4 is 0 Å². The number of rotatable bonds is 15. The Morgan fingerprint density at radius 3 is 1.62 bits per heavy atom. The molecule has 3 nitrogen and oxygen atoms in total. The van der Waals surface area contributed by atoms with Crippen LogP contribution in [-0.4, -0.2) is 24.9 Å². The van der Waals surface area contributed by atoms with Gasteiger partial charge in [-0.15, -0.1) is 4.52 Å². The summed E-state index contributed by atoms with van der Waals surface area (Å²) >= 11 is 0. The maximum absolute atomic E-state index is 11.9. The molecule has 0 aliphatic rings. The summed E-state index contributed by atoms with van der Waals surface area (Å²) in [6.07, 6.45) is 15.1. The first kappa shape index (κ1) is 21.0. The Morgan fingerprint density at radius 2 is 1.24 bits per heavy atom. The van der Waals surface area contributed by atoms with Crippen molar-refractivity contribution in [3.8, 4) is 0 Å². The highest BCUT2D eigenvalue weighted by atomic mass is 31.1. The third-order valence-corrected chi connectivity index (χ3v) is 4.96. The molecule has 0 aromatic heterocycles. The summed E-state index contributed by atoms with van der Waals surface area (Å²) in [5, 5.41) is 0. The Bertz CT molecular complexity index is 233. The van der Waals surface area contributed by atoms with Gasteiger partial charge in [-0.05, 0) is 17.4 Å². The molecule has 0 N–H and O–H groups in total. The highest BCUT2D eigenvalue weighted by molar-refractivity contribution is 7.36. The first-order chi connectivity index (χ1) is 10.1. The number of hydrogen-bond acceptors (Lipinski definition) is 2. The molecule has 0 aromatic carbocycles. The standard InChI is InChI=1S/C17H37NO2P/c1-5-7-9-11-13-15-17(20-21(19)18(3)4)16-14-12-10-8-6-2/h17H,5-16H2,1-4H3/q+1. The molecule has 1 unspecified atom stereocenters. The topological polar surface area (TPSA) is 29.5 Å². The van der Waals surface area contributed by atoms with Gasteiger partial charge in [-0.3, -0.25) is 0 Å². The van der Waals surface area contributed by atoms with Crippen molar-refractivity contribution < 1.29 is 9.09 Å². The molecule has 0 fully saturated rings. The van der Waals surface area contributed by atoms with Gasteiger partial charge in [-0.1, -0.05) is 82.7 Å². The van der Waals surface area contributed by atoms with Crippen LogP contribution in [0.25, 0.3) is 0 Å². The smallest absolute Gasteiger partial charge is 0.126 e. The van der Waals surface area contributed by atoms with Crippen LogP contribution in [0.1, 0.15) is 90.9 Å². The van der Waals surface area contributed by atoms with Gasteiger partial charge in [-0.25, -0.2) is 0 Å². The molecule has 0 spiro atoms. The van der Waals surface area contributed by atoms with Gasteiger partial charge >= 0.3 is 8.18 Å². The van der Waals surface area contributed by atoms with E-state index in [4.69, 9.17) is 4.52 Å². The van der Waals surface area contributed by atoms with Crippen molar-refractivity contribution in [2.24, 2.45) is 0 Å². The Morgan fingerprint density at radius 1 is 0.810 bits per heavy atom. The van der Waals surface area contributed by atoms with Crippen molar-refractivity contribution in [2.45, 2.75) is 97.0 Å². The minimum absolute atomic E-state index is 0.180. The molecular weight excluding hydrogens is 281 g/mol. The van der Waals surface area contributed by atoms with Gasteiger partial charge in [0.2, 0.25) is 0 Å². The second-order valence-corrected chi connectivity index (χ2v) is 7.70. The molecule has 21 heavy (non-hydrogen) atoms. The van der Waals surface area contributed by atoms with Crippen molar-refractivity contribution in [1.82, 2.24) is 4.67 Å². The highest BCUT2D eigenvalue weighted by Gasteiger charge is 2.27. The molecule has 0 aliphatic heterocycles. The SMILES string of the molecule is CCCCCCCC(CCCCCCC)O[P+](=O)N(C)C. The molecule has 1 atom stereocenters. The molecule has 0 amide bonds. The van der Waals surface area contributed by atoms with Crippen molar-refractivity contribution >= 4 is 8.18 Å². The fourth-order valence-corrected chi connectivity index (χ4v) is 3.08. The van der Waals surface area contributed by atoms with Crippen molar-refractivity contribution in [1.29, 1.82) is 0 Å². The molecule has 0 bridgehead atoms. The lowest BCUT2D eigenvalue weighted by Gasteiger charge is -2.12. The quantitative estimate of drug-likeness (QED) is 0.262. The highest BCUT2D eigenvalue weighted by Crippen LogP contribution is 2.30. The van der Waals surface area contributed by atoms with Crippen LogP contribution in [0.15, 0.2) is 0 Å². The van der Waals surface area contributed by atoms with Crippen molar-refractivity contribution in [3.63, 3.8) is 0 Å². The van der Waals surface area contributed by atoms with Crippen LogP contribution >= 0.6 is 8.18 Å². The monoisotopic (exact) mass is 318 g/mol. The number of unbranched alkanes of at least 4 members (excludes halogenated alkanes) is 8.